The quantitative estimate of drug-likeness (QED) is 0.590. The molecule has 0 fully saturated rings. The van der Waals surface area contributed by atoms with Gasteiger partial charge in [-0.1, -0.05) is 44.2 Å². The molecule has 0 saturated heterocycles. The number of halogens is 1. The Morgan fingerprint density at radius 3 is 2.62 bits per heavy atom. The van der Waals surface area contributed by atoms with Crippen molar-refractivity contribution in [3.05, 3.63) is 41.5 Å². The van der Waals surface area contributed by atoms with Crippen LogP contribution < -0.4 is 0 Å². The van der Waals surface area contributed by atoms with Crippen molar-refractivity contribution in [1.82, 2.24) is 0 Å². The van der Waals surface area contributed by atoms with E-state index in [4.69, 9.17) is 11.6 Å². The van der Waals surface area contributed by atoms with Crippen LogP contribution in [0.4, 0.5) is 0 Å². The van der Waals surface area contributed by atoms with Gasteiger partial charge in [0.1, 0.15) is 0 Å². The van der Waals surface area contributed by atoms with Crippen molar-refractivity contribution in [2.45, 2.75) is 19.2 Å². The topological polar surface area (TPSA) is 0 Å². The first-order valence-electron chi connectivity index (χ1n) is 4.65. The molecule has 0 heterocycles. The van der Waals surface area contributed by atoms with Crippen molar-refractivity contribution in [2.75, 3.05) is 0 Å². The second kappa shape index (κ2) is 3.19. The lowest BCUT2D eigenvalue weighted by Crippen LogP contribution is -1.91. The van der Waals surface area contributed by atoms with Gasteiger partial charge < -0.3 is 0 Å². The molecule has 0 bridgehead atoms. The summed E-state index contributed by atoms with van der Waals surface area (Å²) in [6, 6.07) is 8.39. The molecule has 1 atom stereocenters. The number of rotatable bonds is 1. The molecular formula is C12H13Cl. The lowest BCUT2D eigenvalue weighted by Gasteiger charge is -2.08. The number of benzene rings is 1. The standard InChI is InChI=1S/C12H13Cl/c1-8(2)11-7-12(13)10-6-4-3-5-9(10)11/h3-8,12H,1-2H3. The molecule has 1 unspecified atom stereocenters. The molecule has 2 rings (SSSR count). The van der Waals surface area contributed by atoms with Gasteiger partial charge in [-0.05, 0) is 22.6 Å². The molecule has 1 heteroatoms. The average molecular weight is 193 g/mol. The highest BCUT2D eigenvalue weighted by Crippen LogP contribution is 2.41. The minimum Gasteiger partial charge on any atom is -0.113 e. The van der Waals surface area contributed by atoms with Crippen LogP contribution in [0.3, 0.4) is 0 Å². The number of hydrogen-bond donors (Lipinski definition) is 0. The van der Waals surface area contributed by atoms with Crippen molar-refractivity contribution < 1.29 is 0 Å². The maximum atomic E-state index is 6.21. The van der Waals surface area contributed by atoms with Gasteiger partial charge in [-0.2, -0.15) is 0 Å². The number of allylic oxidation sites excluding steroid dienone is 2. The fraction of sp³-hybridized carbons (Fsp3) is 0.333. The SMILES string of the molecule is CC(C)C1=CC(Cl)c2ccccc21. The van der Waals surface area contributed by atoms with Gasteiger partial charge in [-0.15, -0.1) is 11.6 Å². The Morgan fingerprint density at radius 2 is 1.92 bits per heavy atom. The summed E-state index contributed by atoms with van der Waals surface area (Å²) in [6.45, 7) is 4.41. The molecule has 1 aliphatic rings. The lowest BCUT2D eigenvalue weighted by molar-refractivity contribution is 0.857. The van der Waals surface area contributed by atoms with Crippen LogP contribution in [0.15, 0.2) is 30.3 Å². The molecule has 1 aromatic rings. The molecule has 1 aliphatic carbocycles. The van der Waals surface area contributed by atoms with E-state index in [1.807, 2.05) is 6.07 Å². The lowest BCUT2D eigenvalue weighted by atomic mass is 9.97. The fourth-order valence-electron chi connectivity index (χ4n) is 1.84. The van der Waals surface area contributed by atoms with E-state index < -0.39 is 0 Å². The van der Waals surface area contributed by atoms with E-state index in [2.05, 4.69) is 38.1 Å². The summed E-state index contributed by atoms with van der Waals surface area (Å²) < 4.78 is 0. The highest BCUT2D eigenvalue weighted by molar-refractivity contribution is 6.23. The first-order valence-corrected chi connectivity index (χ1v) is 5.09. The van der Waals surface area contributed by atoms with Crippen LogP contribution in [0.1, 0.15) is 30.4 Å². The van der Waals surface area contributed by atoms with Gasteiger partial charge >= 0.3 is 0 Å². The number of hydrogen-bond acceptors (Lipinski definition) is 0. The van der Waals surface area contributed by atoms with Gasteiger partial charge in [0.2, 0.25) is 0 Å². The van der Waals surface area contributed by atoms with Gasteiger partial charge in [0, 0.05) is 0 Å². The first-order chi connectivity index (χ1) is 6.20. The first kappa shape index (κ1) is 8.83. The molecule has 0 aliphatic heterocycles. The molecule has 0 N–H and O–H groups in total. The van der Waals surface area contributed by atoms with Crippen molar-refractivity contribution in [2.24, 2.45) is 5.92 Å². The third kappa shape index (κ3) is 1.40. The Labute approximate surface area is 84.2 Å². The Kier molecular flexibility index (Phi) is 2.17. The predicted octanol–water partition coefficient (Wildman–Crippen LogP) is 4.02. The van der Waals surface area contributed by atoms with Crippen LogP contribution in [0.2, 0.25) is 0 Å². The van der Waals surface area contributed by atoms with Crippen molar-refractivity contribution in [3.8, 4) is 0 Å². The minimum absolute atomic E-state index is 0.0774. The molecule has 0 radical (unpaired) electrons. The minimum atomic E-state index is 0.0774. The second-order valence-electron chi connectivity index (χ2n) is 3.77. The molecule has 13 heavy (non-hydrogen) atoms. The van der Waals surface area contributed by atoms with E-state index in [0.29, 0.717) is 5.92 Å². The smallest absolute Gasteiger partial charge is 0.0778 e. The van der Waals surface area contributed by atoms with Gasteiger partial charge in [-0.3, -0.25) is 0 Å². The molecule has 0 spiro atoms. The molecule has 68 valence electrons. The molecule has 1 aromatic carbocycles. The van der Waals surface area contributed by atoms with E-state index >= 15 is 0 Å². The predicted molar refractivity (Wildman–Crippen MR) is 57.9 cm³/mol. The molecule has 0 nitrogen and oxygen atoms in total. The van der Waals surface area contributed by atoms with Gasteiger partial charge in [0.25, 0.3) is 0 Å². The van der Waals surface area contributed by atoms with Crippen LogP contribution in [0.5, 0.6) is 0 Å². The Morgan fingerprint density at radius 1 is 1.23 bits per heavy atom. The highest BCUT2D eigenvalue weighted by atomic mass is 35.5. The molecule has 0 amide bonds. The van der Waals surface area contributed by atoms with Crippen molar-refractivity contribution in [3.63, 3.8) is 0 Å². The van der Waals surface area contributed by atoms with Crippen LogP contribution in [0, 0.1) is 5.92 Å². The summed E-state index contributed by atoms with van der Waals surface area (Å²) in [5.74, 6) is 0.560. The summed E-state index contributed by atoms with van der Waals surface area (Å²) in [5.41, 5.74) is 3.97. The molecular weight excluding hydrogens is 180 g/mol. The van der Waals surface area contributed by atoms with E-state index in [1.165, 1.54) is 16.7 Å². The van der Waals surface area contributed by atoms with E-state index in [9.17, 15) is 0 Å². The fourth-order valence-corrected chi connectivity index (χ4v) is 2.17. The van der Waals surface area contributed by atoms with E-state index in [-0.39, 0.29) is 5.38 Å². The van der Waals surface area contributed by atoms with Gasteiger partial charge in [0.05, 0.1) is 5.38 Å². The summed E-state index contributed by atoms with van der Waals surface area (Å²) in [4.78, 5) is 0. The Bertz CT molecular complexity index is 350. The summed E-state index contributed by atoms with van der Waals surface area (Å²) in [6.07, 6.45) is 2.16. The zero-order valence-corrected chi connectivity index (χ0v) is 8.68. The van der Waals surface area contributed by atoms with Crippen LogP contribution in [-0.4, -0.2) is 0 Å². The summed E-state index contributed by atoms with van der Waals surface area (Å²) >= 11 is 6.21. The number of fused-ring (bicyclic) bond motifs is 1. The van der Waals surface area contributed by atoms with E-state index in [0.717, 1.165) is 0 Å². The van der Waals surface area contributed by atoms with Gasteiger partial charge in [-0.25, -0.2) is 0 Å². The average Bonchev–Trinajstić information content (AvgIpc) is 2.45. The second-order valence-corrected chi connectivity index (χ2v) is 4.24. The molecule has 0 aromatic heterocycles. The van der Waals surface area contributed by atoms with Crippen LogP contribution in [0.25, 0.3) is 5.57 Å². The zero-order chi connectivity index (χ0) is 9.42. The van der Waals surface area contributed by atoms with Crippen LogP contribution >= 0.6 is 11.6 Å². The largest absolute Gasteiger partial charge is 0.113 e. The van der Waals surface area contributed by atoms with Gasteiger partial charge in [0.15, 0.2) is 0 Å². The maximum absolute atomic E-state index is 6.21. The summed E-state index contributed by atoms with van der Waals surface area (Å²) in [7, 11) is 0. The monoisotopic (exact) mass is 192 g/mol. The maximum Gasteiger partial charge on any atom is 0.0778 e. The Hall–Kier alpha value is -0.750. The number of alkyl halides is 1. The Balaban J connectivity index is 2.51. The van der Waals surface area contributed by atoms with E-state index in [1.54, 1.807) is 0 Å². The third-order valence-electron chi connectivity index (χ3n) is 2.52. The third-order valence-corrected chi connectivity index (χ3v) is 2.88. The summed E-state index contributed by atoms with van der Waals surface area (Å²) in [5, 5.41) is 0.0774. The van der Waals surface area contributed by atoms with Crippen LogP contribution in [-0.2, 0) is 0 Å². The van der Waals surface area contributed by atoms with Crippen molar-refractivity contribution >= 4 is 17.2 Å². The van der Waals surface area contributed by atoms with Crippen molar-refractivity contribution in [1.29, 1.82) is 0 Å². The highest BCUT2D eigenvalue weighted by Gasteiger charge is 2.22. The molecule has 0 saturated carbocycles. The zero-order valence-electron chi connectivity index (χ0n) is 7.92. The normalized spacial score (nSPS) is 20.3.